The van der Waals surface area contributed by atoms with Crippen molar-refractivity contribution in [3.8, 4) is 0 Å². The van der Waals surface area contributed by atoms with E-state index in [9.17, 15) is 23.1 Å². The van der Waals surface area contributed by atoms with Gasteiger partial charge in [-0.25, -0.2) is 5.43 Å². The fourth-order valence-electron chi connectivity index (χ4n) is 2.43. The monoisotopic (exact) mass is 345 g/mol. The highest BCUT2D eigenvalue weighted by Crippen LogP contribution is 2.37. The van der Waals surface area contributed by atoms with E-state index in [0.29, 0.717) is 19.3 Å². The van der Waals surface area contributed by atoms with Gasteiger partial charge in [0.2, 0.25) is 6.41 Å². The lowest BCUT2D eigenvalue weighted by atomic mass is 9.89. The van der Waals surface area contributed by atoms with Crippen molar-refractivity contribution >= 4 is 17.8 Å². The fraction of sp³-hybridized carbons (Fsp3) is 0.467. The van der Waals surface area contributed by atoms with Gasteiger partial charge in [0.1, 0.15) is 0 Å². The summed E-state index contributed by atoms with van der Waals surface area (Å²) in [5.41, 5.74) is 1.53. The van der Waals surface area contributed by atoms with Gasteiger partial charge in [-0.3, -0.25) is 4.79 Å². The van der Waals surface area contributed by atoms with Gasteiger partial charge in [0, 0.05) is 24.4 Å². The molecule has 1 aliphatic rings. The SMILES string of the molecule is COC/C(=N\NC=O)c1ccc(NC2CC(O)C2)c(C(F)(F)F)c1. The van der Waals surface area contributed by atoms with Gasteiger partial charge in [0.15, 0.2) is 0 Å². The standard InChI is InChI=1S/C15H18F3N3O3/c1-24-7-14(21-19-8-22)9-2-3-13(12(4-9)15(16,17)18)20-10-5-11(23)6-10/h2-4,8,10-11,20,23H,5-7H2,1H3,(H,19,22)/b21-14+. The third kappa shape index (κ3) is 4.45. The number of nitrogens with zero attached hydrogens (tertiary/aromatic N) is 1. The van der Waals surface area contributed by atoms with Gasteiger partial charge < -0.3 is 15.2 Å². The molecule has 0 heterocycles. The Bertz CT molecular complexity index is 614. The number of nitrogens with one attached hydrogen (secondary N) is 2. The predicted octanol–water partition coefficient (Wildman–Crippen LogP) is 1.74. The number of hydrogen-bond acceptors (Lipinski definition) is 5. The number of carbonyl (C=O) groups excluding carboxylic acids is 1. The minimum Gasteiger partial charge on any atom is -0.393 e. The Morgan fingerprint density at radius 1 is 1.46 bits per heavy atom. The minimum absolute atomic E-state index is 0.0525. The van der Waals surface area contributed by atoms with Crippen LogP contribution >= 0.6 is 0 Å². The molecule has 1 saturated carbocycles. The molecule has 1 aromatic carbocycles. The van der Waals surface area contributed by atoms with Gasteiger partial charge in [0.05, 0.1) is 24.0 Å². The number of hydrazone groups is 1. The molecule has 6 nitrogen and oxygen atoms in total. The Hall–Kier alpha value is -2.13. The summed E-state index contributed by atoms with van der Waals surface area (Å²) in [4.78, 5) is 10.3. The number of rotatable bonds is 7. The first-order chi connectivity index (χ1) is 11.3. The Morgan fingerprint density at radius 2 is 2.17 bits per heavy atom. The van der Waals surface area contributed by atoms with E-state index in [-0.39, 0.29) is 29.6 Å². The summed E-state index contributed by atoms with van der Waals surface area (Å²) >= 11 is 0. The van der Waals surface area contributed by atoms with Crippen molar-refractivity contribution < 1.29 is 27.8 Å². The number of benzene rings is 1. The molecule has 1 aliphatic carbocycles. The molecule has 1 fully saturated rings. The first-order valence-corrected chi connectivity index (χ1v) is 7.26. The van der Waals surface area contributed by atoms with Crippen molar-refractivity contribution in [2.24, 2.45) is 5.10 Å². The third-order valence-electron chi connectivity index (χ3n) is 3.66. The molecule has 0 bridgehead atoms. The van der Waals surface area contributed by atoms with Crippen LogP contribution in [0.5, 0.6) is 0 Å². The maximum atomic E-state index is 13.3. The van der Waals surface area contributed by atoms with E-state index in [1.54, 1.807) is 0 Å². The largest absolute Gasteiger partial charge is 0.418 e. The molecular formula is C15H18F3N3O3. The maximum Gasteiger partial charge on any atom is 0.418 e. The summed E-state index contributed by atoms with van der Waals surface area (Å²) < 4.78 is 44.9. The molecule has 1 aromatic rings. The molecule has 0 atom stereocenters. The number of aliphatic hydroxyl groups excluding tert-OH is 1. The van der Waals surface area contributed by atoms with E-state index in [0.717, 1.165) is 6.07 Å². The zero-order valence-electron chi connectivity index (χ0n) is 12.9. The van der Waals surface area contributed by atoms with Crippen molar-refractivity contribution in [3.63, 3.8) is 0 Å². The van der Waals surface area contributed by atoms with Crippen LogP contribution in [0.3, 0.4) is 0 Å². The maximum absolute atomic E-state index is 13.3. The summed E-state index contributed by atoms with van der Waals surface area (Å²) in [5, 5.41) is 15.8. The minimum atomic E-state index is -4.56. The molecule has 1 amide bonds. The average molecular weight is 345 g/mol. The number of anilines is 1. The van der Waals surface area contributed by atoms with Gasteiger partial charge in [-0.2, -0.15) is 18.3 Å². The van der Waals surface area contributed by atoms with E-state index in [2.05, 4.69) is 15.8 Å². The Labute approximate surface area is 136 Å². The van der Waals surface area contributed by atoms with Crippen molar-refractivity contribution in [2.75, 3.05) is 19.0 Å². The van der Waals surface area contributed by atoms with E-state index >= 15 is 0 Å². The number of aliphatic hydroxyl groups is 1. The number of alkyl halides is 3. The Morgan fingerprint density at radius 3 is 2.71 bits per heavy atom. The molecule has 0 aromatic heterocycles. The van der Waals surface area contributed by atoms with E-state index < -0.39 is 17.8 Å². The van der Waals surface area contributed by atoms with Crippen molar-refractivity contribution in [1.29, 1.82) is 0 Å². The molecule has 132 valence electrons. The topological polar surface area (TPSA) is 83.0 Å². The van der Waals surface area contributed by atoms with Crippen LogP contribution in [0, 0.1) is 0 Å². The molecule has 2 rings (SSSR count). The summed E-state index contributed by atoms with van der Waals surface area (Å²) in [6, 6.07) is 3.56. The van der Waals surface area contributed by atoms with Crippen LogP contribution in [0.2, 0.25) is 0 Å². The van der Waals surface area contributed by atoms with Gasteiger partial charge >= 0.3 is 6.18 Å². The van der Waals surface area contributed by atoms with E-state index in [1.807, 2.05) is 0 Å². The molecular weight excluding hydrogens is 327 g/mol. The molecule has 24 heavy (non-hydrogen) atoms. The van der Waals surface area contributed by atoms with Crippen molar-refractivity contribution in [1.82, 2.24) is 5.43 Å². The van der Waals surface area contributed by atoms with Crippen molar-refractivity contribution in [2.45, 2.75) is 31.2 Å². The summed E-state index contributed by atoms with van der Waals surface area (Å²) in [6.45, 7) is -0.0558. The number of carbonyl (C=O) groups is 1. The van der Waals surface area contributed by atoms with Crippen LogP contribution in [0.4, 0.5) is 18.9 Å². The lowest BCUT2D eigenvalue weighted by molar-refractivity contribution is -0.137. The van der Waals surface area contributed by atoms with Crippen LogP contribution in [0.25, 0.3) is 0 Å². The highest BCUT2D eigenvalue weighted by Gasteiger charge is 2.36. The second kappa shape index (κ2) is 7.63. The van der Waals surface area contributed by atoms with Crippen LogP contribution in [0.15, 0.2) is 23.3 Å². The molecule has 3 N–H and O–H groups in total. The number of ether oxygens (including phenoxy) is 1. The van der Waals surface area contributed by atoms with Crippen molar-refractivity contribution in [3.05, 3.63) is 29.3 Å². The molecule has 0 spiro atoms. The number of amides is 1. The lowest BCUT2D eigenvalue weighted by Crippen LogP contribution is -2.39. The molecule has 9 heteroatoms. The van der Waals surface area contributed by atoms with Crippen LogP contribution < -0.4 is 10.7 Å². The van der Waals surface area contributed by atoms with Crippen LogP contribution in [-0.4, -0.2) is 43.1 Å². The normalized spacial score (nSPS) is 21.1. The average Bonchev–Trinajstić information content (AvgIpc) is 2.49. The number of halogens is 3. The Balaban J connectivity index is 2.32. The summed E-state index contributed by atoms with van der Waals surface area (Å²) in [5.74, 6) is 0. The zero-order chi connectivity index (χ0) is 17.7. The third-order valence-corrected chi connectivity index (χ3v) is 3.66. The van der Waals surface area contributed by atoms with E-state index in [1.165, 1.54) is 19.2 Å². The van der Waals surface area contributed by atoms with Gasteiger partial charge in [-0.15, -0.1) is 0 Å². The first-order valence-electron chi connectivity index (χ1n) is 7.26. The van der Waals surface area contributed by atoms with Crippen LogP contribution in [0.1, 0.15) is 24.0 Å². The van der Waals surface area contributed by atoms with Gasteiger partial charge in [0.25, 0.3) is 0 Å². The molecule has 0 aliphatic heterocycles. The second-order valence-corrected chi connectivity index (χ2v) is 5.46. The quantitative estimate of drug-likeness (QED) is 0.399. The van der Waals surface area contributed by atoms with Gasteiger partial charge in [-0.1, -0.05) is 6.07 Å². The Kier molecular flexibility index (Phi) is 5.79. The molecule has 0 unspecified atom stereocenters. The predicted molar refractivity (Wildman–Crippen MR) is 81.7 cm³/mol. The summed E-state index contributed by atoms with van der Waals surface area (Å²) in [6.07, 6.45) is -3.88. The molecule has 0 saturated heterocycles. The van der Waals surface area contributed by atoms with Gasteiger partial charge in [-0.05, 0) is 25.0 Å². The zero-order valence-corrected chi connectivity index (χ0v) is 12.9. The highest BCUT2D eigenvalue weighted by atomic mass is 19.4. The summed E-state index contributed by atoms with van der Waals surface area (Å²) in [7, 11) is 1.37. The first kappa shape index (κ1) is 18.2. The van der Waals surface area contributed by atoms with E-state index in [4.69, 9.17) is 4.74 Å². The fourth-order valence-corrected chi connectivity index (χ4v) is 2.43. The van der Waals surface area contributed by atoms with Crippen LogP contribution in [-0.2, 0) is 15.7 Å². The molecule has 0 radical (unpaired) electrons. The number of hydrogen-bond donors (Lipinski definition) is 3. The number of methoxy groups -OCH3 is 1. The second-order valence-electron chi connectivity index (χ2n) is 5.46. The highest BCUT2D eigenvalue weighted by molar-refractivity contribution is 6.02. The smallest absolute Gasteiger partial charge is 0.393 e. The lowest BCUT2D eigenvalue weighted by Gasteiger charge is -2.33.